The van der Waals surface area contributed by atoms with Gasteiger partial charge >= 0.3 is 17.9 Å². The van der Waals surface area contributed by atoms with E-state index < -0.39 is 6.10 Å². The Morgan fingerprint density at radius 2 is 0.672 bits per heavy atom. The highest BCUT2D eigenvalue weighted by molar-refractivity contribution is 5.71. The SMILES string of the molecule is CC/C=C/C/C=C/C/C=C/C/C=C/CCCCCC(=O)OCC(COC(=O)CC/C=C/C/C=C/CCCCCCCC)OC(=O)CCCCCCCCCCCCCCCC. The molecule has 0 heterocycles. The van der Waals surface area contributed by atoms with E-state index in [1.54, 1.807) is 0 Å². The summed E-state index contributed by atoms with van der Waals surface area (Å²) in [6.07, 6.45) is 61.8. The average molecular weight is 851 g/mol. The van der Waals surface area contributed by atoms with E-state index in [1.165, 1.54) is 109 Å². The zero-order valence-corrected chi connectivity index (χ0v) is 39.9. The Kier molecular flexibility index (Phi) is 46.9. The Labute approximate surface area is 376 Å². The van der Waals surface area contributed by atoms with Gasteiger partial charge in [-0.2, -0.15) is 0 Å². The molecule has 0 fully saturated rings. The smallest absolute Gasteiger partial charge is 0.306 e. The number of esters is 3. The zero-order valence-electron chi connectivity index (χ0n) is 39.9. The summed E-state index contributed by atoms with van der Waals surface area (Å²) in [7, 11) is 0. The van der Waals surface area contributed by atoms with Crippen molar-refractivity contribution in [1.29, 1.82) is 0 Å². The number of carbonyl (C=O) groups excluding carboxylic acids is 3. The third kappa shape index (κ3) is 47.7. The lowest BCUT2D eigenvalue weighted by molar-refractivity contribution is -0.166. The van der Waals surface area contributed by atoms with Crippen molar-refractivity contribution >= 4 is 17.9 Å². The van der Waals surface area contributed by atoms with Crippen LogP contribution in [0.15, 0.2) is 72.9 Å². The number of hydrogen-bond acceptors (Lipinski definition) is 6. The second-order valence-corrected chi connectivity index (χ2v) is 16.7. The fraction of sp³-hybridized carbons (Fsp3) is 0.727. The van der Waals surface area contributed by atoms with Crippen LogP contribution in [0.5, 0.6) is 0 Å². The van der Waals surface area contributed by atoms with E-state index in [0.29, 0.717) is 19.3 Å². The van der Waals surface area contributed by atoms with Crippen LogP contribution < -0.4 is 0 Å². The van der Waals surface area contributed by atoms with Crippen molar-refractivity contribution in [3.05, 3.63) is 72.9 Å². The summed E-state index contributed by atoms with van der Waals surface area (Å²) in [6.45, 7) is 6.44. The molecule has 0 bridgehead atoms. The van der Waals surface area contributed by atoms with Crippen LogP contribution in [-0.2, 0) is 28.6 Å². The molecule has 0 spiro atoms. The van der Waals surface area contributed by atoms with Crippen LogP contribution in [0.2, 0.25) is 0 Å². The highest BCUT2D eigenvalue weighted by atomic mass is 16.6. The van der Waals surface area contributed by atoms with Gasteiger partial charge in [-0.3, -0.25) is 14.4 Å². The Bertz CT molecular complexity index is 1160. The van der Waals surface area contributed by atoms with Crippen LogP contribution in [0.25, 0.3) is 0 Å². The maximum atomic E-state index is 12.8. The maximum absolute atomic E-state index is 12.8. The molecule has 6 heteroatoms. The largest absolute Gasteiger partial charge is 0.462 e. The quantitative estimate of drug-likeness (QED) is 0.0263. The Balaban J connectivity index is 4.49. The van der Waals surface area contributed by atoms with Crippen molar-refractivity contribution in [1.82, 2.24) is 0 Å². The van der Waals surface area contributed by atoms with E-state index in [0.717, 1.165) is 83.5 Å². The molecule has 0 aromatic carbocycles. The summed E-state index contributed by atoms with van der Waals surface area (Å²) in [5, 5.41) is 0. The summed E-state index contributed by atoms with van der Waals surface area (Å²) >= 11 is 0. The number of carbonyl (C=O) groups is 3. The van der Waals surface area contributed by atoms with Crippen molar-refractivity contribution < 1.29 is 28.6 Å². The number of rotatable bonds is 45. The standard InChI is InChI=1S/C55H94O6/c1-4-7-10-13-16-19-22-25-27-28-31-33-36-39-42-45-48-54(57)60-51-52(50-59-53(56)47-44-41-38-35-32-29-24-21-18-15-12-9-6-3)61-55(58)49-46-43-40-37-34-30-26-23-20-17-14-11-8-5-2/h7,10,16,19,25,27,29,31-33,38,41,52H,4-6,8-9,11-15,17-18,20-24,26,28,30,34-37,39-40,42-51H2,1-3H3/b10-7+,19-16+,27-25+,32-29+,33-31+,41-38+. The predicted molar refractivity (Wildman–Crippen MR) is 261 cm³/mol. The fourth-order valence-electron chi connectivity index (χ4n) is 6.90. The summed E-state index contributed by atoms with van der Waals surface area (Å²) < 4.78 is 16.7. The molecule has 61 heavy (non-hydrogen) atoms. The lowest BCUT2D eigenvalue weighted by Gasteiger charge is -2.18. The minimum absolute atomic E-state index is 0.108. The summed E-state index contributed by atoms with van der Waals surface area (Å²) in [4.78, 5) is 37.9. The second-order valence-electron chi connectivity index (χ2n) is 16.7. The first-order valence-electron chi connectivity index (χ1n) is 25.4. The molecule has 0 aromatic heterocycles. The lowest BCUT2D eigenvalue weighted by Crippen LogP contribution is -2.30. The van der Waals surface area contributed by atoms with Crippen LogP contribution in [0.3, 0.4) is 0 Å². The average Bonchev–Trinajstić information content (AvgIpc) is 3.26. The molecule has 6 nitrogen and oxygen atoms in total. The van der Waals surface area contributed by atoms with Crippen molar-refractivity contribution in [2.75, 3.05) is 13.2 Å². The lowest BCUT2D eigenvalue weighted by atomic mass is 10.0. The van der Waals surface area contributed by atoms with E-state index in [-0.39, 0.29) is 37.5 Å². The first-order chi connectivity index (χ1) is 30.0. The molecule has 0 rings (SSSR count). The highest BCUT2D eigenvalue weighted by Gasteiger charge is 2.19. The number of unbranched alkanes of at least 4 members (excludes halogenated alkanes) is 22. The summed E-state index contributed by atoms with van der Waals surface area (Å²) in [5.41, 5.74) is 0. The number of ether oxygens (including phenoxy) is 3. The van der Waals surface area contributed by atoms with Crippen molar-refractivity contribution in [3.63, 3.8) is 0 Å². The van der Waals surface area contributed by atoms with E-state index in [2.05, 4.69) is 87.6 Å². The van der Waals surface area contributed by atoms with Gasteiger partial charge in [-0.1, -0.05) is 216 Å². The molecule has 0 amide bonds. The topological polar surface area (TPSA) is 78.9 Å². The van der Waals surface area contributed by atoms with Crippen LogP contribution in [0.4, 0.5) is 0 Å². The highest BCUT2D eigenvalue weighted by Crippen LogP contribution is 2.15. The fourth-order valence-corrected chi connectivity index (χ4v) is 6.90. The first-order valence-corrected chi connectivity index (χ1v) is 25.4. The van der Waals surface area contributed by atoms with Crippen LogP contribution in [0, 0.1) is 0 Å². The van der Waals surface area contributed by atoms with Crippen LogP contribution in [0.1, 0.15) is 239 Å². The maximum Gasteiger partial charge on any atom is 0.306 e. The summed E-state index contributed by atoms with van der Waals surface area (Å²) in [5.74, 6) is -1.00. The van der Waals surface area contributed by atoms with Crippen molar-refractivity contribution in [2.45, 2.75) is 245 Å². The third-order valence-corrected chi connectivity index (χ3v) is 10.7. The Hall–Kier alpha value is -3.15. The van der Waals surface area contributed by atoms with Gasteiger partial charge in [-0.25, -0.2) is 0 Å². The van der Waals surface area contributed by atoms with Gasteiger partial charge in [0.05, 0.1) is 0 Å². The van der Waals surface area contributed by atoms with Crippen molar-refractivity contribution in [3.8, 4) is 0 Å². The molecule has 0 aromatic rings. The molecular weight excluding hydrogens is 757 g/mol. The van der Waals surface area contributed by atoms with Gasteiger partial charge < -0.3 is 14.2 Å². The molecule has 0 aliphatic rings. The molecule has 0 saturated heterocycles. The minimum atomic E-state index is -0.808. The molecular formula is C55H94O6. The summed E-state index contributed by atoms with van der Waals surface area (Å²) in [6, 6.07) is 0. The van der Waals surface area contributed by atoms with E-state index in [9.17, 15) is 14.4 Å². The molecule has 0 radical (unpaired) electrons. The number of hydrogen-bond donors (Lipinski definition) is 0. The van der Waals surface area contributed by atoms with E-state index in [4.69, 9.17) is 14.2 Å². The Morgan fingerprint density at radius 1 is 0.344 bits per heavy atom. The molecule has 0 saturated carbocycles. The second kappa shape index (κ2) is 49.5. The van der Waals surface area contributed by atoms with Gasteiger partial charge in [0, 0.05) is 19.3 Å². The van der Waals surface area contributed by atoms with Crippen LogP contribution in [-0.4, -0.2) is 37.2 Å². The van der Waals surface area contributed by atoms with Gasteiger partial charge in [0.15, 0.2) is 6.10 Å². The van der Waals surface area contributed by atoms with Gasteiger partial charge in [0.2, 0.25) is 0 Å². The van der Waals surface area contributed by atoms with Gasteiger partial charge in [-0.05, 0) is 77.0 Å². The molecule has 1 atom stereocenters. The predicted octanol–water partition coefficient (Wildman–Crippen LogP) is 16.6. The number of allylic oxidation sites excluding steroid dienone is 12. The zero-order chi connectivity index (χ0) is 44.4. The van der Waals surface area contributed by atoms with E-state index in [1.807, 2.05) is 6.08 Å². The third-order valence-electron chi connectivity index (χ3n) is 10.7. The molecule has 0 aliphatic heterocycles. The molecule has 0 aliphatic carbocycles. The molecule has 350 valence electrons. The van der Waals surface area contributed by atoms with Crippen molar-refractivity contribution in [2.24, 2.45) is 0 Å². The molecule has 0 N–H and O–H groups in total. The Morgan fingerprint density at radius 3 is 1.11 bits per heavy atom. The normalized spacial score (nSPS) is 12.6. The monoisotopic (exact) mass is 851 g/mol. The van der Waals surface area contributed by atoms with Gasteiger partial charge in [-0.15, -0.1) is 0 Å². The first kappa shape index (κ1) is 57.9. The molecule has 1 unspecified atom stereocenters. The van der Waals surface area contributed by atoms with Crippen LogP contribution >= 0.6 is 0 Å². The van der Waals surface area contributed by atoms with Gasteiger partial charge in [0.25, 0.3) is 0 Å². The minimum Gasteiger partial charge on any atom is -0.462 e. The van der Waals surface area contributed by atoms with E-state index >= 15 is 0 Å². The van der Waals surface area contributed by atoms with Gasteiger partial charge in [0.1, 0.15) is 13.2 Å².